The molecule has 2 rings (SSSR count). The van der Waals surface area contributed by atoms with Gasteiger partial charge in [-0.15, -0.1) is 0 Å². The van der Waals surface area contributed by atoms with Crippen molar-refractivity contribution in [3.63, 3.8) is 0 Å². The number of unbranched alkanes of at least 4 members (excludes halogenated alkanes) is 1. The van der Waals surface area contributed by atoms with Crippen LogP contribution in [0.25, 0.3) is 0 Å². The molecule has 150 valence electrons. The summed E-state index contributed by atoms with van der Waals surface area (Å²) in [6.07, 6.45) is 11.3. The highest BCUT2D eigenvalue weighted by atomic mass is 14.9. The van der Waals surface area contributed by atoms with Crippen LogP contribution in [0.5, 0.6) is 0 Å². The molecule has 1 aromatic rings. The Morgan fingerprint density at radius 1 is 1.19 bits per heavy atom. The molecule has 0 heterocycles. The number of rotatable bonds is 10. The average molecular weight is 371 g/mol. The minimum Gasteiger partial charge on any atom is -0.403 e. The molecule has 0 radical (unpaired) electrons. The summed E-state index contributed by atoms with van der Waals surface area (Å²) in [5, 5.41) is 14.3. The minimum absolute atomic E-state index is 0.257. The molecule has 0 spiro atoms. The van der Waals surface area contributed by atoms with Crippen molar-refractivity contribution in [1.29, 1.82) is 5.41 Å². The lowest BCUT2D eigenvalue weighted by Crippen LogP contribution is -2.31. The molecule has 0 atom stereocenters. The van der Waals surface area contributed by atoms with Gasteiger partial charge in [0, 0.05) is 30.7 Å². The number of benzene rings is 1. The van der Waals surface area contributed by atoms with Gasteiger partial charge in [0.15, 0.2) is 0 Å². The maximum Gasteiger partial charge on any atom is 0.0676 e. The number of nitrogens with one attached hydrogen (secondary N) is 3. The standard InChI is InChI=1S/C23H38N4/c1-4-5-14-23(2,3)19-8-12-21(13-9-19)27-20-10-6-18(7-11-20)17-26-22(15-24)16-25/h8-9,12-13,15-16,18,20,24,26-27H,4-7,10-11,14,17,25H2,1-3H3/b22-16+,24-15?. The molecule has 0 unspecified atom stereocenters. The Labute approximate surface area is 165 Å². The number of nitrogens with two attached hydrogens (primary N) is 1. The highest BCUT2D eigenvalue weighted by molar-refractivity contribution is 5.74. The maximum absolute atomic E-state index is 7.28. The second-order valence-electron chi connectivity index (χ2n) is 8.57. The Morgan fingerprint density at radius 2 is 1.85 bits per heavy atom. The Balaban J connectivity index is 1.79. The van der Waals surface area contributed by atoms with Crippen LogP contribution in [0.15, 0.2) is 36.2 Å². The molecule has 0 bridgehead atoms. The van der Waals surface area contributed by atoms with Crippen molar-refractivity contribution in [3.05, 3.63) is 41.7 Å². The molecule has 0 saturated heterocycles. The van der Waals surface area contributed by atoms with Crippen LogP contribution in [-0.4, -0.2) is 18.8 Å². The fourth-order valence-corrected chi connectivity index (χ4v) is 3.95. The van der Waals surface area contributed by atoms with E-state index in [1.165, 1.54) is 68.6 Å². The van der Waals surface area contributed by atoms with E-state index in [1.807, 2.05) is 0 Å². The zero-order chi connectivity index (χ0) is 19.7. The Kier molecular flexibility index (Phi) is 8.21. The first kappa shape index (κ1) is 21.3. The summed E-state index contributed by atoms with van der Waals surface area (Å²) in [5.41, 5.74) is 9.12. The topological polar surface area (TPSA) is 73.9 Å². The summed E-state index contributed by atoms with van der Waals surface area (Å²) in [7, 11) is 0. The first-order valence-corrected chi connectivity index (χ1v) is 10.5. The maximum atomic E-state index is 7.28. The Morgan fingerprint density at radius 3 is 2.41 bits per heavy atom. The van der Waals surface area contributed by atoms with Gasteiger partial charge in [0.05, 0.1) is 5.70 Å². The van der Waals surface area contributed by atoms with Gasteiger partial charge in [-0.2, -0.15) is 0 Å². The lowest BCUT2D eigenvalue weighted by molar-refractivity contribution is 0.333. The van der Waals surface area contributed by atoms with E-state index in [9.17, 15) is 0 Å². The monoisotopic (exact) mass is 370 g/mol. The smallest absolute Gasteiger partial charge is 0.0676 e. The molecule has 4 nitrogen and oxygen atoms in total. The SMILES string of the molecule is CCCCC(C)(C)c1ccc(NC2CCC(CN/C(C=N)=C/N)CC2)cc1. The van der Waals surface area contributed by atoms with E-state index in [2.05, 4.69) is 55.7 Å². The molecule has 1 fully saturated rings. The van der Waals surface area contributed by atoms with Gasteiger partial charge in [0.2, 0.25) is 0 Å². The fourth-order valence-electron chi connectivity index (χ4n) is 3.95. The molecule has 5 N–H and O–H groups in total. The lowest BCUT2D eigenvalue weighted by Gasteiger charge is -2.30. The molecule has 1 aliphatic rings. The van der Waals surface area contributed by atoms with Crippen LogP contribution in [0.3, 0.4) is 0 Å². The van der Waals surface area contributed by atoms with Crippen molar-refractivity contribution in [3.8, 4) is 0 Å². The van der Waals surface area contributed by atoms with Crippen molar-refractivity contribution in [1.82, 2.24) is 5.32 Å². The van der Waals surface area contributed by atoms with Gasteiger partial charge in [-0.25, -0.2) is 0 Å². The third-order valence-corrected chi connectivity index (χ3v) is 5.97. The fraction of sp³-hybridized carbons (Fsp3) is 0.609. The number of hydrogen-bond acceptors (Lipinski definition) is 4. The van der Waals surface area contributed by atoms with Crippen LogP contribution in [0.4, 0.5) is 5.69 Å². The molecule has 4 heteroatoms. The first-order chi connectivity index (χ1) is 13.0. The van der Waals surface area contributed by atoms with Crippen LogP contribution in [-0.2, 0) is 5.41 Å². The van der Waals surface area contributed by atoms with Crippen LogP contribution >= 0.6 is 0 Å². The Hall–Kier alpha value is -1.97. The molecule has 1 aromatic carbocycles. The molecule has 0 aliphatic heterocycles. The van der Waals surface area contributed by atoms with E-state index in [0.29, 0.717) is 17.7 Å². The molecule has 0 amide bonds. The molecular formula is C23H38N4. The zero-order valence-corrected chi connectivity index (χ0v) is 17.4. The normalized spacial score (nSPS) is 20.9. The van der Waals surface area contributed by atoms with Crippen molar-refractivity contribution in [2.45, 2.75) is 77.2 Å². The highest BCUT2D eigenvalue weighted by Crippen LogP contribution is 2.31. The third-order valence-electron chi connectivity index (χ3n) is 5.97. The van der Waals surface area contributed by atoms with Gasteiger partial charge in [0.25, 0.3) is 0 Å². The van der Waals surface area contributed by atoms with Crippen LogP contribution in [0.1, 0.15) is 71.3 Å². The van der Waals surface area contributed by atoms with Crippen molar-refractivity contribution in [2.75, 3.05) is 11.9 Å². The largest absolute Gasteiger partial charge is 0.403 e. The zero-order valence-electron chi connectivity index (χ0n) is 17.4. The van der Waals surface area contributed by atoms with Crippen LogP contribution < -0.4 is 16.4 Å². The second-order valence-corrected chi connectivity index (χ2v) is 8.57. The van der Waals surface area contributed by atoms with E-state index in [4.69, 9.17) is 11.1 Å². The first-order valence-electron chi connectivity index (χ1n) is 10.5. The predicted molar refractivity (Wildman–Crippen MR) is 117 cm³/mol. The average Bonchev–Trinajstić information content (AvgIpc) is 2.69. The minimum atomic E-state index is 0.257. The van der Waals surface area contributed by atoms with Crippen molar-refractivity contribution in [2.24, 2.45) is 11.7 Å². The van der Waals surface area contributed by atoms with E-state index in [-0.39, 0.29) is 5.41 Å². The van der Waals surface area contributed by atoms with Crippen LogP contribution in [0.2, 0.25) is 0 Å². The summed E-state index contributed by atoms with van der Waals surface area (Å²) in [4.78, 5) is 0. The highest BCUT2D eigenvalue weighted by Gasteiger charge is 2.22. The summed E-state index contributed by atoms with van der Waals surface area (Å²) >= 11 is 0. The van der Waals surface area contributed by atoms with Gasteiger partial charge in [-0.1, -0.05) is 45.7 Å². The number of anilines is 1. The summed E-state index contributed by atoms with van der Waals surface area (Å²) in [5.74, 6) is 0.666. The van der Waals surface area contributed by atoms with Gasteiger partial charge in [0.1, 0.15) is 0 Å². The summed E-state index contributed by atoms with van der Waals surface area (Å²) in [6.45, 7) is 7.87. The Bertz CT molecular complexity index is 595. The number of hydrogen-bond donors (Lipinski definition) is 4. The van der Waals surface area contributed by atoms with Gasteiger partial charge < -0.3 is 21.8 Å². The van der Waals surface area contributed by atoms with E-state index < -0.39 is 0 Å². The summed E-state index contributed by atoms with van der Waals surface area (Å²) < 4.78 is 0. The van der Waals surface area contributed by atoms with Crippen molar-refractivity contribution >= 4 is 11.9 Å². The van der Waals surface area contributed by atoms with E-state index in [1.54, 1.807) is 0 Å². The molecular weight excluding hydrogens is 332 g/mol. The van der Waals surface area contributed by atoms with Crippen molar-refractivity contribution < 1.29 is 0 Å². The van der Waals surface area contributed by atoms with Gasteiger partial charge in [-0.3, -0.25) is 0 Å². The van der Waals surface area contributed by atoms with Gasteiger partial charge in [-0.05, 0) is 61.1 Å². The van der Waals surface area contributed by atoms with Gasteiger partial charge >= 0.3 is 0 Å². The van der Waals surface area contributed by atoms with E-state index in [0.717, 1.165) is 6.54 Å². The molecule has 1 aliphatic carbocycles. The third kappa shape index (κ3) is 6.60. The predicted octanol–water partition coefficient (Wildman–Crippen LogP) is 5.16. The summed E-state index contributed by atoms with van der Waals surface area (Å²) in [6, 6.07) is 9.66. The second kappa shape index (κ2) is 10.4. The quantitative estimate of drug-likeness (QED) is 0.430. The lowest BCUT2D eigenvalue weighted by atomic mass is 9.80. The molecule has 0 aromatic heterocycles. The van der Waals surface area contributed by atoms with Crippen LogP contribution in [0, 0.1) is 11.3 Å². The van der Waals surface area contributed by atoms with E-state index >= 15 is 0 Å². The molecule has 1 saturated carbocycles. The number of allylic oxidation sites excluding steroid dienone is 1. The molecule has 27 heavy (non-hydrogen) atoms.